The molecule has 134 valence electrons. The molecule has 1 aromatic rings. The Labute approximate surface area is 155 Å². The predicted octanol–water partition coefficient (Wildman–Crippen LogP) is 1.09. The zero-order chi connectivity index (χ0) is 17.6. The Hall–Kier alpha value is -2.00. The molecule has 2 aliphatic heterocycles. The van der Waals surface area contributed by atoms with E-state index < -0.39 is 12.0 Å². The quantitative estimate of drug-likeness (QED) is 0.599. The van der Waals surface area contributed by atoms with E-state index in [0.29, 0.717) is 11.5 Å². The molecule has 25 heavy (non-hydrogen) atoms. The molecule has 9 heteroatoms. The fraction of sp³-hybridized carbons (Fsp3) is 0.438. The summed E-state index contributed by atoms with van der Waals surface area (Å²) >= 11 is 6.59. The second kappa shape index (κ2) is 8.39. The van der Waals surface area contributed by atoms with Crippen LogP contribution in [0.4, 0.5) is 0 Å². The summed E-state index contributed by atoms with van der Waals surface area (Å²) in [6.07, 6.45) is 1.46. The van der Waals surface area contributed by atoms with Crippen LogP contribution in [0.5, 0.6) is 11.5 Å². The van der Waals surface area contributed by atoms with Crippen LogP contribution in [0.15, 0.2) is 24.3 Å². The highest BCUT2D eigenvalue weighted by Crippen LogP contribution is 2.30. The van der Waals surface area contributed by atoms with Crippen molar-refractivity contribution < 1.29 is 19.1 Å². The summed E-state index contributed by atoms with van der Waals surface area (Å²) in [6, 6.07) is 7.12. The minimum absolute atomic E-state index is 0.0898. The van der Waals surface area contributed by atoms with Crippen LogP contribution in [0.3, 0.4) is 0 Å². The number of carbonyl (C=O) groups excluding carboxylic acids is 2. The van der Waals surface area contributed by atoms with Gasteiger partial charge in [0.05, 0.1) is 5.75 Å². The number of benzene rings is 1. The molecule has 0 spiro atoms. The number of nitrogens with one attached hydrogen (secondary N) is 2. The van der Waals surface area contributed by atoms with Gasteiger partial charge in [-0.2, -0.15) is 0 Å². The van der Waals surface area contributed by atoms with Crippen molar-refractivity contribution >= 4 is 40.1 Å². The summed E-state index contributed by atoms with van der Waals surface area (Å²) in [4.78, 5) is 26.0. The molecule has 3 rings (SSSR count). The van der Waals surface area contributed by atoms with Gasteiger partial charge in [0.1, 0.15) is 10.9 Å². The van der Waals surface area contributed by atoms with Crippen LogP contribution in [0.25, 0.3) is 0 Å². The number of hydrogen-bond acceptors (Lipinski definition) is 6. The van der Waals surface area contributed by atoms with Crippen molar-refractivity contribution in [1.29, 1.82) is 0 Å². The Kier molecular flexibility index (Phi) is 5.98. The predicted molar refractivity (Wildman–Crippen MR) is 98.5 cm³/mol. The summed E-state index contributed by atoms with van der Waals surface area (Å²) in [5, 5.41) is 0. The van der Waals surface area contributed by atoms with Crippen LogP contribution >= 0.6 is 24.0 Å². The van der Waals surface area contributed by atoms with Gasteiger partial charge in [-0.15, -0.1) is 0 Å². The third-order valence-electron chi connectivity index (χ3n) is 3.82. The number of thioether (sulfide) groups is 1. The molecular formula is C16H19N3O4S2. The first kappa shape index (κ1) is 17.8. The Morgan fingerprint density at radius 1 is 1.20 bits per heavy atom. The van der Waals surface area contributed by atoms with E-state index in [2.05, 4.69) is 15.8 Å². The van der Waals surface area contributed by atoms with Crippen LogP contribution in [0.1, 0.15) is 12.8 Å². The number of hydrogen-bond donors (Lipinski definition) is 2. The van der Waals surface area contributed by atoms with Crippen molar-refractivity contribution in [2.45, 2.75) is 18.9 Å². The van der Waals surface area contributed by atoms with E-state index in [0.717, 1.165) is 30.3 Å². The maximum atomic E-state index is 12.1. The number of para-hydroxylation sites is 2. The number of ether oxygens (including phenoxy) is 2. The van der Waals surface area contributed by atoms with Crippen molar-refractivity contribution in [2.75, 3.05) is 25.4 Å². The van der Waals surface area contributed by atoms with Gasteiger partial charge in [0.25, 0.3) is 5.91 Å². The third kappa shape index (κ3) is 4.76. The van der Waals surface area contributed by atoms with E-state index in [1.54, 1.807) is 18.2 Å². The van der Waals surface area contributed by atoms with Crippen LogP contribution in [0, 0.1) is 0 Å². The number of thiocarbonyl (C=S) groups is 1. The van der Waals surface area contributed by atoms with Crippen LogP contribution in [-0.2, 0) is 9.59 Å². The van der Waals surface area contributed by atoms with Gasteiger partial charge in [-0.1, -0.05) is 36.1 Å². The van der Waals surface area contributed by atoms with E-state index >= 15 is 0 Å². The highest BCUT2D eigenvalue weighted by molar-refractivity contribution is 8.23. The summed E-state index contributed by atoms with van der Waals surface area (Å²) in [5.74, 6) is 0.474. The average molecular weight is 381 g/mol. The molecule has 0 unspecified atom stereocenters. The Bertz CT molecular complexity index is 665. The number of amides is 2. The second-order valence-corrected chi connectivity index (χ2v) is 7.26. The van der Waals surface area contributed by atoms with Gasteiger partial charge in [0.2, 0.25) is 12.0 Å². The fourth-order valence-corrected chi connectivity index (χ4v) is 3.57. The molecule has 1 aromatic carbocycles. The molecule has 2 N–H and O–H groups in total. The fourth-order valence-electron chi connectivity index (χ4n) is 2.51. The van der Waals surface area contributed by atoms with Crippen molar-refractivity contribution in [3.8, 4) is 11.5 Å². The molecule has 2 aliphatic rings. The lowest BCUT2D eigenvalue weighted by Gasteiger charge is -2.25. The average Bonchev–Trinajstić information content (AvgIpc) is 3.18. The molecule has 0 aliphatic carbocycles. The molecular weight excluding hydrogens is 362 g/mol. The molecule has 1 fully saturated rings. The van der Waals surface area contributed by atoms with Gasteiger partial charge in [-0.05, 0) is 25.0 Å². The van der Waals surface area contributed by atoms with Crippen molar-refractivity contribution in [1.82, 2.24) is 15.8 Å². The SMILES string of the molecule is O=C(CSC(=S)N1CCCC1)NNC(=O)[C@@H]1COc2ccccc2O1. The highest BCUT2D eigenvalue weighted by atomic mass is 32.2. The Balaban J connectivity index is 1.38. The molecule has 0 bridgehead atoms. The lowest BCUT2D eigenvalue weighted by Crippen LogP contribution is -2.51. The number of likely N-dealkylation sites (tertiary alicyclic amines) is 1. The second-order valence-electron chi connectivity index (χ2n) is 5.65. The molecule has 7 nitrogen and oxygen atoms in total. The zero-order valence-electron chi connectivity index (χ0n) is 13.5. The lowest BCUT2D eigenvalue weighted by atomic mass is 10.2. The lowest BCUT2D eigenvalue weighted by molar-refractivity contribution is -0.134. The smallest absolute Gasteiger partial charge is 0.283 e. The van der Waals surface area contributed by atoms with Gasteiger partial charge < -0.3 is 14.4 Å². The van der Waals surface area contributed by atoms with Crippen molar-refractivity contribution in [2.24, 2.45) is 0 Å². The number of rotatable bonds is 3. The summed E-state index contributed by atoms with van der Waals surface area (Å²) < 4.78 is 11.8. The standard InChI is InChI=1S/C16H19N3O4S2/c20-14(10-25-16(24)19-7-3-4-8-19)17-18-15(21)13-9-22-11-5-1-2-6-12(11)23-13/h1-2,5-6,13H,3-4,7-10H2,(H,17,20)(H,18,21)/t13-/m0/s1. The Morgan fingerprint density at radius 2 is 1.92 bits per heavy atom. The largest absolute Gasteiger partial charge is 0.485 e. The zero-order valence-corrected chi connectivity index (χ0v) is 15.2. The van der Waals surface area contributed by atoms with E-state index in [4.69, 9.17) is 21.7 Å². The van der Waals surface area contributed by atoms with E-state index in [-0.39, 0.29) is 18.3 Å². The Morgan fingerprint density at radius 3 is 2.68 bits per heavy atom. The maximum absolute atomic E-state index is 12.1. The van der Waals surface area contributed by atoms with Crippen molar-refractivity contribution in [3.63, 3.8) is 0 Å². The van der Waals surface area contributed by atoms with Crippen LogP contribution < -0.4 is 20.3 Å². The number of nitrogens with zero attached hydrogens (tertiary/aromatic N) is 1. The van der Waals surface area contributed by atoms with Gasteiger partial charge >= 0.3 is 0 Å². The summed E-state index contributed by atoms with van der Waals surface area (Å²) in [7, 11) is 0. The first-order valence-electron chi connectivity index (χ1n) is 8.02. The van der Waals surface area contributed by atoms with Gasteiger partial charge in [0.15, 0.2) is 11.5 Å². The number of hydrazine groups is 1. The molecule has 1 saturated heterocycles. The molecule has 1 atom stereocenters. The van der Waals surface area contributed by atoms with Crippen LogP contribution in [-0.4, -0.2) is 52.6 Å². The summed E-state index contributed by atoms with van der Waals surface area (Å²) in [5.41, 5.74) is 4.74. The molecule has 0 radical (unpaired) electrons. The van der Waals surface area contributed by atoms with E-state index in [1.165, 1.54) is 11.8 Å². The first-order chi connectivity index (χ1) is 12.1. The van der Waals surface area contributed by atoms with E-state index in [1.807, 2.05) is 6.07 Å². The van der Waals surface area contributed by atoms with Crippen LogP contribution in [0.2, 0.25) is 0 Å². The maximum Gasteiger partial charge on any atom is 0.283 e. The number of fused-ring (bicyclic) bond motifs is 1. The van der Waals surface area contributed by atoms with Crippen molar-refractivity contribution in [3.05, 3.63) is 24.3 Å². The molecule has 2 amide bonds. The minimum atomic E-state index is -0.812. The molecule has 2 heterocycles. The van der Waals surface area contributed by atoms with Gasteiger partial charge in [0, 0.05) is 13.1 Å². The van der Waals surface area contributed by atoms with E-state index in [9.17, 15) is 9.59 Å². The minimum Gasteiger partial charge on any atom is -0.485 e. The molecule has 0 aromatic heterocycles. The summed E-state index contributed by atoms with van der Waals surface area (Å²) in [6.45, 7) is 1.99. The third-order valence-corrected chi connectivity index (χ3v) is 5.34. The topological polar surface area (TPSA) is 79.9 Å². The van der Waals surface area contributed by atoms with Gasteiger partial charge in [-0.3, -0.25) is 20.4 Å². The molecule has 0 saturated carbocycles. The highest BCUT2D eigenvalue weighted by Gasteiger charge is 2.27. The monoisotopic (exact) mass is 381 g/mol. The number of carbonyl (C=O) groups is 2. The normalized spacial score (nSPS) is 18.6. The first-order valence-corrected chi connectivity index (χ1v) is 9.42. The van der Waals surface area contributed by atoms with Gasteiger partial charge in [-0.25, -0.2) is 0 Å².